The normalized spacial score (nSPS) is 11.1. The molecule has 0 aromatic heterocycles. The molecule has 19 heavy (non-hydrogen) atoms. The first-order valence-corrected chi connectivity index (χ1v) is 6.91. The minimum absolute atomic E-state index is 0.0648. The summed E-state index contributed by atoms with van der Waals surface area (Å²) < 4.78 is 6.00. The van der Waals surface area contributed by atoms with Crippen molar-refractivity contribution in [2.75, 3.05) is 0 Å². The van der Waals surface area contributed by atoms with Crippen LogP contribution in [0.2, 0.25) is 0 Å². The van der Waals surface area contributed by atoms with Gasteiger partial charge in [0.1, 0.15) is 6.61 Å². The van der Waals surface area contributed by atoms with Crippen LogP contribution in [-0.2, 0) is 20.9 Å². The summed E-state index contributed by atoms with van der Waals surface area (Å²) in [6.07, 6.45) is 0.432. The molecule has 0 heterocycles. The second-order valence-corrected chi connectivity index (χ2v) is 5.12. The van der Waals surface area contributed by atoms with E-state index in [1.54, 1.807) is 13.8 Å². The number of halogens is 1. The van der Waals surface area contributed by atoms with Crippen LogP contribution in [0.5, 0.6) is 0 Å². The Labute approximate surface area is 120 Å². The fraction of sp³-hybridized carbons (Fsp3) is 0.429. The van der Waals surface area contributed by atoms with Crippen LogP contribution in [0.15, 0.2) is 28.7 Å². The smallest absolute Gasteiger partial charge is 0.323 e. The molecule has 1 aromatic rings. The monoisotopic (exact) mass is 328 g/mol. The van der Waals surface area contributed by atoms with E-state index in [1.165, 1.54) is 0 Å². The summed E-state index contributed by atoms with van der Waals surface area (Å²) in [5.41, 5.74) is -0.635. The average molecular weight is 329 g/mol. The highest BCUT2D eigenvalue weighted by Crippen LogP contribution is 2.29. The molecule has 0 spiro atoms. The Bertz CT molecular complexity index is 466. The first-order chi connectivity index (χ1) is 8.97. The van der Waals surface area contributed by atoms with Crippen molar-refractivity contribution in [2.24, 2.45) is 5.41 Å². The summed E-state index contributed by atoms with van der Waals surface area (Å²) in [5, 5.41) is 9.24. The van der Waals surface area contributed by atoms with E-state index in [0.717, 1.165) is 10.0 Å². The molecule has 1 N–H and O–H groups in total. The van der Waals surface area contributed by atoms with E-state index < -0.39 is 17.4 Å². The van der Waals surface area contributed by atoms with Gasteiger partial charge in [-0.3, -0.25) is 9.59 Å². The Balaban J connectivity index is 2.79. The van der Waals surface area contributed by atoms with Gasteiger partial charge in [-0.25, -0.2) is 0 Å². The van der Waals surface area contributed by atoms with Gasteiger partial charge in [-0.05, 0) is 18.9 Å². The summed E-state index contributed by atoms with van der Waals surface area (Å²) in [7, 11) is 0. The number of rotatable bonds is 6. The number of benzene rings is 1. The molecule has 0 aliphatic carbocycles. The first-order valence-electron chi connectivity index (χ1n) is 6.12. The average Bonchev–Trinajstić information content (AvgIpc) is 2.39. The summed E-state index contributed by atoms with van der Waals surface area (Å²) in [6, 6.07) is 7.35. The van der Waals surface area contributed by atoms with Crippen molar-refractivity contribution in [3.63, 3.8) is 0 Å². The number of carboxylic acid groups (broad SMARTS) is 1. The third-order valence-electron chi connectivity index (χ3n) is 3.32. The lowest BCUT2D eigenvalue weighted by atomic mass is 9.82. The van der Waals surface area contributed by atoms with Crippen LogP contribution < -0.4 is 0 Å². The molecule has 0 radical (unpaired) electrons. The predicted octanol–water partition coefficient (Wildman–Crippen LogP) is 3.38. The molecular weight excluding hydrogens is 312 g/mol. The molecule has 4 nitrogen and oxygen atoms in total. The molecular formula is C14H17BrO4. The zero-order chi connectivity index (χ0) is 14.5. The molecule has 104 valence electrons. The van der Waals surface area contributed by atoms with Gasteiger partial charge < -0.3 is 9.84 Å². The third kappa shape index (κ3) is 3.35. The lowest BCUT2D eigenvalue weighted by Gasteiger charge is -2.24. The van der Waals surface area contributed by atoms with E-state index in [0.29, 0.717) is 0 Å². The van der Waals surface area contributed by atoms with Gasteiger partial charge in [0.15, 0.2) is 5.41 Å². The zero-order valence-corrected chi connectivity index (χ0v) is 12.6. The van der Waals surface area contributed by atoms with Crippen molar-refractivity contribution in [3.05, 3.63) is 34.3 Å². The fourth-order valence-electron chi connectivity index (χ4n) is 1.83. The van der Waals surface area contributed by atoms with Gasteiger partial charge in [0.25, 0.3) is 0 Å². The van der Waals surface area contributed by atoms with Crippen LogP contribution >= 0.6 is 15.9 Å². The number of carbonyl (C=O) groups is 2. The van der Waals surface area contributed by atoms with Crippen LogP contribution in [0.3, 0.4) is 0 Å². The molecule has 0 fully saturated rings. The fourth-order valence-corrected chi connectivity index (χ4v) is 2.22. The Kier molecular flexibility index (Phi) is 5.54. The van der Waals surface area contributed by atoms with Crippen molar-refractivity contribution in [3.8, 4) is 0 Å². The van der Waals surface area contributed by atoms with Crippen LogP contribution in [0.4, 0.5) is 0 Å². The highest BCUT2D eigenvalue weighted by Gasteiger charge is 2.44. The van der Waals surface area contributed by atoms with E-state index in [2.05, 4.69) is 15.9 Å². The largest absolute Gasteiger partial charge is 0.480 e. The van der Waals surface area contributed by atoms with E-state index >= 15 is 0 Å². The van der Waals surface area contributed by atoms with Crippen LogP contribution in [0.25, 0.3) is 0 Å². The predicted molar refractivity (Wildman–Crippen MR) is 74.6 cm³/mol. The number of carboxylic acids is 1. The lowest BCUT2D eigenvalue weighted by Crippen LogP contribution is -2.39. The van der Waals surface area contributed by atoms with Gasteiger partial charge in [0.2, 0.25) is 0 Å². The van der Waals surface area contributed by atoms with Gasteiger partial charge in [-0.1, -0.05) is 48.0 Å². The molecule has 0 atom stereocenters. The Morgan fingerprint density at radius 3 is 2.32 bits per heavy atom. The van der Waals surface area contributed by atoms with Crippen molar-refractivity contribution in [1.82, 2.24) is 0 Å². The minimum atomic E-state index is -1.44. The minimum Gasteiger partial charge on any atom is -0.480 e. The molecule has 0 saturated heterocycles. The SMILES string of the molecule is CCC(CC)(C(=O)O)C(=O)OCc1ccccc1Br. The molecule has 0 bridgehead atoms. The maximum Gasteiger partial charge on any atom is 0.323 e. The van der Waals surface area contributed by atoms with Crippen LogP contribution in [0.1, 0.15) is 32.3 Å². The van der Waals surface area contributed by atoms with E-state index in [-0.39, 0.29) is 19.4 Å². The second-order valence-electron chi connectivity index (χ2n) is 4.26. The molecule has 0 aliphatic rings. The van der Waals surface area contributed by atoms with Gasteiger partial charge in [-0.2, -0.15) is 0 Å². The Morgan fingerprint density at radius 1 is 1.26 bits per heavy atom. The van der Waals surface area contributed by atoms with Crippen molar-refractivity contribution >= 4 is 27.9 Å². The summed E-state index contributed by atoms with van der Waals surface area (Å²) in [6.45, 7) is 3.42. The molecule has 0 unspecified atom stereocenters. The van der Waals surface area contributed by atoms with Crippen molar-refractivity contribution in [2.45, 2.75) is 33.3 Å². The molecule has 0 saturated carbocycles. The standard InChI is InChI=1S/C14H17BrO4/c1-3-14(4-2,12(16)17)13(18)19-9-10-7-5-6-8-11(10)15/h5-8H,3-4,9H2,1-2H3,(H,16,17). The summed E-state index contributed by atoms with van der Waals surface area (Å²) in [5.74, 6) is -1.81. The number of hydrogen-bond donors (Lipinski definition) is 1. The number of ether oxygens (including phenoxy) is 1. The maximum absolute atomic E-state index is 12.0. The molecule has 0 amide bonds. The number of carbonyl (C=O) groups excluding carboxylic acids is 1. The maximum atomic E-state index is 12.0. The van der Waals surface area contributed by atoms with Gasteiger partial charge >= 0.3 is 11.9 Å². The van der Waals surface area contributed by atoms with Crippen LogP contribution in [-0.4, -0.2) is 17.0 Å². The Morgan fingerprint density at radius 2 is 1.84 bits per heavy atom. The van der Waals surface area contributed by atoms with E-state index in [1.807, 2.05) is 24.3 Å². The third-order valence-corrected chi connectivity index (χ3v) is 4.10. The number of hydrogen-bond acceptors (Lipinski definition) is 3. The summed E-state index contributed by atoms with van der Waals surface area (Å²) in [4.78, 5) is 23.3. The van der Waals surface area contributed by atoms with E-state index in [4.69, 9.17) is 4.74 Å². The molecule has 0 aliphatic heterocycles. The Hall–Kier alpha value is -1.36. The first kappa shape index (κ1) is 15.7. The second kappa shape index (κ2) is 6.70. The molecule has 1 rings (SSSR count). The van der Waals surface area contributed by atoms with Crippen molar-refractivity contribution in [1.29, 1.82) is 0 Å². The quantitative estimate of drug-likeness (QED) is 0.642. The van der Waals surface area contributed by atoms with Gasteiger partial charge in [0, 0.05) is 10.0 Å². The van der Waals surface area contributed by atoms with Gasteiger partial charge in [-0.15, -0.1) is 0 Å². The highest BCUT2D eigenvalue weighted by atomic mass is 79.9. The lowest BCUT2D eigenvalue weighted by molar-refractivity contribution is -0.170. The highest BCUT2D eigenvalue weighted by molar-refractivity contribution is 9.10. The van der Waals surface area contributed by atoms with Gasteiger partial charge in [0.05, 0.1) is 0 Å². The van der Waals surface area contributed by atoms with Crippen LogP contribution in [0, 0.1) is 5.41 Å². The summed E-state index contributed by atoms with van der Waals surface area (Å²) >= 11 is 3.35. The van der Waals surface area contributed by atoms with Crippen molar-refractivity contribution < 1.29 is 19.4 Å². The molecule has 1 aromatic carbocycles. The molecule has 5 heteroatoms. The number of aliphatic carboxylic acids is 1. The zero-order valence-electron chi connectivity index (χ0n) is 11.0. The topological polar surface area (TPSA) is 63.6 Å². The van der Waals surface area contributed by atoms with E-state index in [9.17, 15) is 14.7 Å². The number of esters is 1.